The van der Waals surface area contributed by atoms with Crippen molar-refractivity contribution >= 4 is 23.2 Å². The van der Waals surface area contributed by atoms with E-state index in [-0.39, 0.29) is 24.2 Å². The minimum Gasteiger partial charge on any atom is -0.489 e. The maximum Gasteiger partial charge on any atom is 0.255 e. The molecule has 0 aliphatic rings. The minimum absolute atomic E-state index is 0.0977. The first-order valence-electron chi connectivity index (χ1n) is 9.22. The maximum absolute atomic E-state index is 13.0. The second-order valence-electron chi connectivity index (χ2n) is 6.38. The number of hydrogen-bond donors (Lipinski definition) is 2. The van der Waals surface area contributed by atoms with Gasteiger partial charge in [-0.1, -0.05) is 31.2 Å². The molecule has 0 aliphatic heterocycles. The van der Waals surface area contributed by atoms with E-state index in [1.807, 2.05) is 0 Å². The number of hydrogen-bond acceptors (Lipinski definition) is 3. The van der Waals surface area contributed by atoms with Crippen LogP contribution >= 0.6 is 0 Å². The summed E-state index contributed by atoms with van der Waals surface area (Å²) < 4.78 is 18.7. The molecule has 2 amide bonds. The molecule has 0 atom stereocenters. The van der Waals surface area contributed by atoms with Gasteiger partial charge in [-0.05, 0) is 54.1 Å². The smallest absolute Gasteiger partial charge is 0.255 e. The van der Waals surface area contributed by atoms with E-state index in [2.05, 4.69) is 10.6 Å². The lowest BCUT2D eigenvalue weighted by Crippen LogP contribution is -2.13. The van der Waals surface area contributed by atoms with Gasteiger partial charge in [-0.15, -0.1) is 0 Å². The number of halogens is 1. The lowest BCUT2D eigenvalue weighted by Gasteiger charge is -2.10. The Labute approximate surface area is 168 Å². The Bertz CT molecular complexity index is 1000. The molecule has 0 saturated heterocycles. The van der Waals surface area contributed by atoms with Gasteiger partial charge in [0.15, 0.2) is 0 Å². The van der Waals surface area contributed by atoms with Crippen molar-refractivity contribution in [3.05, 3.63) is 89.7 Å². The topological polar surface area (TPSA) is 67.4 Å². The summed E-state index contributed by atoms with van der Waals surface area (Å²) >= 11 is 0. The van der Waals surface area contributed by atoms with E-state index in [0.29, 0.717) is 29.1 Å². The van der Waals surface area contributed by atoms with Crippen molar-refractivity contribution in [3.63, 3.8) is 0 Å². The lowest BCUT2D eigenvalue weighted by molar-refractivity contribution is -0.115. The summed E-state index contributed by atoms with van der Waals surface area (Å²) in [5.74, 6) is -0.160. The molecular weight excluding hydrogens is 371 g/mol. The highest BCUT2D eigenvalue weighted by Gasteiger charge is 2.09. The van der Waals surface area contributed by atoms with Crippen LogP contribution in [0.2, 0.25) is 0 Å². The van der Waals surface area contributed by atoms with Gasteiger partial charge in [0.2, 0.25) is 5.91 Å². The van der Waals surface area contributed by atoms with E-state index in [4.69, 9.17) is 4.74 Å². The first-order valence-corrected chi connectivity index (χ1v) is 9.22. The van der Waals surface area contributed by atoms with E-state index >= 15 is 0 Å². The van der Waals surface area contributed by atoms with E-state index in [0.717, 1.165) is 5.56 Å². The molecule has 3 aromatic rings. The van der Waals surface area contributed by atoms with Crippen molar-refractivity contribution in [2.45, 2.75) is 20.0 Å². The molecule has 0 saturated carbocycles. The molecule has 0 heterocycles. The molecule has 0 spiro atoms. The molecule has 6 heteroatoms. The van der Waals surface area contributed by atoms with Crippen LogP contribution in [0, 0.1) is 5.82 Å². The Hall–Kier alpha value is -3.67. The zero-order valence-corrected chi connectivity index (χ0v) is 15.9. The van der Waals surface area contributed by atoms with Crippen LogP contribution in [-0.4, -0.2) is 11.8 Å². The van der Waals surface area contributed by atoms with Gasteiger partial charge in [-0.3, -0.25) is 9.59 Å². The molecule has 0 aliphatic carbocycles. The number of ether oxygens (including phenoxy) is 1. The second kappa shape index (κ2) is 9.50. The molecule has 0 radical (unpaired) electrons. The molecule has 3 aromatic carbocycles. The third-order valence-electron chi connectivity index (χ3n) is 4.14. The SMILES string of the molecule is CCC(=O)Nc1cccc(NC(=O)c2cccc(OCc3ccc(F)cc3)c2)c1. The average Bonchev–Trinajstić information content (AvgIpc) is 2.73. The molecule has 29 heavy (non-hydrogen) atoms. The highest BCUT2D eigenvalue weighted by Crippen LogP contribution is 2.19. The monoisotopic (exact) mass is 392 g/mol. The van der Waals surface area contributed by atoms with Gasteiger partial charge in [0.25, 0.3) is 5.91 Å². The fourth-order valence-electron chi connectivity index (χ4n) is 2.60. The zero-order valence-electron chi connectivity index (χ0n) is 15.9. The number of rotatable bonds is 7. The molecule has 0 unspecified atom stereocenters. The highest BCUT2D eigenvalue weighted by molar-refractivity contribution is 6.05. The Kier molecular flexibility index (Phi) is 6.58. The van der Waals surface area contributed by atoms with Crippen molar-refractivity contribution in [2.75, 3.05) is 10.6 Å². The zero-order chi connectivity index (χ0) is 20.6. The minimum atomic E-state index is -0.300. The van der Waals surface area contributed by atoms with Crippen LogP contribution in [0.1, 0.15) is 29.3 Å². The predicted molar refractivity (Wildman–Crippen MR) is 110 cm³/mol. The Balaban J connectivity index is 1.64. The number of amides is 2. The third kappa shape index (κ3) is 5.90. The summed E-state index contributed by atoms with van der Waals surface area (Å²) in [6.45, 7) is 2.04. The summed E-state index contributed by atoms with van der Waals surface area (Å²) in [6, 6.07) is 19.8. The quantitative estimate of drug-likeness (QED) is 0.594. The summed E-state index contributed by atoms with van der Waals surface area (Å²) in [6.07, 6.45) is 0.376. The lowest BCUT2D eigenvalue weighted by atomic mass is 10.2. The predicted octanol–water partition coefficient (Wildman–Crippen LogP) is 5.01. The first kappa shape index (κ1) is 20.1. The van der Waals surface area contributed by atoms with Crippen LogP contribution in [0.5, 0.6) is 5.75 Å². The molecule has 2 N–H and O–H groups in total. The summed E-state index contributed by atoms with van der Waals surface area (Å²) in [5, 5.41) is 5.57. The van der Waals surface area contributed by atoms with Crippen LogP contribution in [0.25, 0.3) is 0 Å². The van der Waals surface area contributed by atoms with Gasteiger partial charge in [-0.2, -0.15) is 0 Å². The molecule has 0 bridgehead atoms. The van der Waals surface area contributed by atoms with Gasteiger partial charge in [0, 0.05) is 23.4 Å². The number of nitrogens with one attached hydrogen (secondary N) is 2. The van der Waals surface area contributed by atoms with E-state index in [1.165, 1.54) is 12.1 Å². The van der Waals surface area contributed by atoms with Gasteiger partial charge in [-0.25, -0.2) is 4.39 Å². The van der Waals surface area contributed by atoms with E-state index in [1.54, 1.807) is 67.6 Å². The van der Waals surface area contributed by atoms with Gasteiger partial charge in [0.05, 0.1) is 0 Å². The highest BCUT2D eigenvalue weighted by atomic mass is 19.1. The van der Waals surface area contributed by atoms with Crippen molar-refractivity contribution in [3.8, 4) is 5.75 Å². The van der Waals surface area contributed by atoms with Crippen molar-refractivity contribution < 1.29 is 18.7 Å². The molecule has 0 fully saturated rings. The maximum atomic E-state index is 13.0. The van der Waals surface area contributed by atoms with Crippen LogP contribution < -0.4 is 15.4 Å². The summed E-state index contributed by atoms with van der Waals surface area (Å²) in [7, 11) is 0. The molecule has 5 nitrogen and oxygen atoms in total. The fraction of sp³-hybridized carbons (Fsp3) is 0.130. The number of anilines is 2. The third-order valence-corrected chi connectivity index (χ3v) is 4.14. The second-order valence-corrected chi connectivity index (χ2v) is 6.38. The van der Waals surface area contributed by atoms with Crippen LogP contribution in [0.15, 0.2) is 72.8 Å². The molecular formula is C23H21FN2O3. The van der Waals surface area contributed by atoms with Crippen molar-refractivity contribution in [1.82, 2.24) is 0 Å². The van der Waals surface area contributed by atoms with Gasteiger partial charge < -0.3 is 15.4 Å². The largest absolute Gasteiger partial charge is 0.489 e. The van der Waals surface area contributed by atoms with Crippen LogP contribution in [-0.2, 0) is 11.4 Å². The number of benzene rings is 3. The molecule has 0 aromatic heterocycles. The number of carbonyl (C=O) groups excluding carboxylic acids is 2. The van der Waals surface area contributed by atoms with E-state index in [9.17, 15) is 14.0 Å². The Morgan fingerprint density at radius 3 is 2.31 bits per heavy atom. The first-order chi connectivity index (χ1) is 14.0. The van der Waals surface area contributed by atoms with Crippen LogP contribution in [0.3, 0.4) is 0 Å². The molecule has 148 valence electrons. The average molecular weight is 392 g/mol. The Morgan fingerprint density at radius 1 is 0.897 bits per heavy atom. The van der Waals surface area contributed by atoms with E-state index < -0.39 is 0 Å². The summed E-state index contributed by atoms with van der Waals surface area (Å²) in [4.78, 5) is 24.1. The standard InChI is InChI=1S/C23H21FN2O3/c1-2-22(27)25-19-6-4-7-20(14-19)26-23(28)17-5-3-8-21(13-17)29-15-16-9-11-18(24)12-10-16/h3-14H,2,15H2,1H3,(H,25,27)(H,26,28). The normalized spacial score (nSPS) is 10.3. The molecule has 3 rings (SSSR count). The summed E-state index contributed by atoms with van der Waals surface area (Å²) in [5.41, 5.74) is 2.45. The van der Waals surface area contributed by atoms with Gasteiger partial charge in [0.1, 0.15) is 18.2 Å². The van der Waals surface area contributed by atoms with Gasteiger partial charge >= 0.3 is 0 Å². The Morgan fingerprint density at radius 2 is 1.59 bits per heavy atom. The van der Waals surface area contributed by atoms with Crippen molar-refractivity contribution in [2.24, 2.45) is 0 Å². The van der Waals surface area contributed by atoms with Crippen molar-refractivity contribution in [1.29, 1.82) is 0 Å². The van der Waals surface area contributed by atoms with Crippen LogP contribution in [0.4, 0.5) is 15.8 Å². The fourth-order valence-corrected chi connectivity index (χ4v) is 2.60. The number of carbonyl (C=O) groups is 2.